The van der Waals surface area contributed by atoms with Crippen LogP contribution in [0.4, 0.5) is 13.2 Å². The topological polar surface area (TPSA) is 30.2 Å². The minimum atomic E-state index is -4.39. The Labute approximate surface area is 102 Å². The van der Waals surface area contributed by atoms with Crippen LogP contribution in [0.2, 0.25) is 0 Å². The van der Waals surface area contributed by atoms with Gasteiger partial charge in [0, 0.05) is 12.6 Å². The van der Waals surface area contributed by atoms with Gasteiger partial charge in [-0.1, -0.05) is 0 Å². The Hall–Kier alpha value is -1.59. The number of hydrogen-bond acceptors (Lipinski definition) is 2. The Kier molecular flexibility index (Phi) is 2.36. The maximum absolute atomic E-state index is 13.0. The number of fused-ring (bicyclic) bond motifs is 1. The van der Waals surface area contributed by atoms with Crippen molar-refractivity contribution in [2.75, 3.05) is 0 Å². The average Bonchev–Trinajstić information content (AvgIpc) is 2.98. The molecule has 0 saturated heterocycles. The largest absolute Gasteiger partial charge is 0.420 e. The number of alkyl halides is 3. The highest BCUT2D eigenvalue weighted by Crippen LogP contribution is 2.36. The quantitative estimate of drug-likeness (QED) is 0.825. The van der Waals surface area contributed by atoms with Crippen LogP contribution < -0.4 is 0 Å². The van der Waals surface area contributed by atoms with Crippen LogP contribution in [-0.4, -0.2) is 14.6 Å². The fourth-order valence-electron chi connectivity index (χ4n) is 2.17. The van der Waals surface area contributed by atoms with Gasteiger partial charge in [0.1, 0.15) is 11.4 Å². The zero-order chi connectivity index (χ0) is 12.9. The normalized spacial score (nSPS) is 16.4. The predicted octanol–water partition coefficient (Wildman–Crippen LogP) is 3.01. The lowest BCUT2D eigenvalue weighted by molar-refractivity contribution is -0.137. The van der Waals surface area contributed by atoms with Crippen LogP contribution in [0, 0.1) is 12.8 Å². The molecule has 18 heavy (non-hydrogen) atoms. The van der Waals surface area contributed by atoms with Crippen molar-refractivity contribution >= 4 is 5.65 Å². The van der Waals surface area contributed by atoms with Crippen molar-refractivity contribution in [1.29, 1.82) is 0 Å². The van der Waals surface area contributed by atoms with E-state index < -0.39 is 11.7 Å². The Balaban J connectivity index is 2.16. The molecule has 96 valence electrons. The molecule has 2 heterocycles. The van der Waals surface area contributed by atoms with Gasteiger partial charge in [-0.05, 0) is 37.3 Å². The van der Waals surface area contributed by atoms with Gasteiger partial charge in [-0.25, -0.2) is 0 Å². The van der Waals surface area contributed by atoms with Gasteiger partial charge in [0.05, 0.1) is 0 Å². The number of rotatable bonds is 2. The third-order valence-electron chi connectivity index (χ3n) is 3.31. The van der Waals surface area contributed by atoms with Crippen molar-refractivity contribution in [3.63, 3.8) is 0 Å². The van der Waals surface area contributed by atoms with Crippen molar-refractivity contribution in [3.8, 4) is 0 Å². The van der Waals surface area contributed by atoms with Gasteiger partial charge in [-0.3, -0.25) is 4.40 Å². The van der Waals surface area contributed by atoms with Crippen LogP contribution in [0.15, 0.2) is 12.3 Å². The maximum atomic E-state index is 13.0. The second kappa shape index (κ2) is 3.70. The van der Waals surface area contributed by atoms with Gasteiger partial charge < -0.3 is 0 Å². The fraction of sp³-hybridized carbons (Fsp3) is 0.500. The minimum absolute atomic E-state index is 0.0850. The highest BCUT2D eigenvalue weighted by atomic mass is 19.4. The fourth-order valence-corrected chi connectivity index (χ4v) is 2.17. The molecule has 3 nitrogen and oxygen atoms in total. The van der Waals surface area contributed by atoms with Crippen molar-refractivity contribution in [2.24, 2.45) is 5.92 Å². The van der Waals surface area contributed by atoms with Crippen LogP contribution >= 0.6 is 0 Å². The molecule has 0 aliphatic heterocycles. The Bertz CT molecular complexity index is 596. The number of hydrogen-bond donors (Lipinski definition) is 0. The van der Waals surface area contributed by atoms with Gasteiger partial charge in [-0.15, -0.1) is 10.2 Å². The number of nitrogens with zero attached hydrogens (tertiary/aromatic N) is 3. The lowest BCUT2D eigenvalue weighted by Crippen LogP contribution is -2.10. The highest BCUT2D eigenvalue weighted by Gasteiger charge is 2.36. The van der Waals surface area contributed by atoms with Gasteiger partial charge in [-0.2, -0.15) is 13.2 Å². The summed E-state index contributed by atoms with van der Waals surface area (Å²) in [7, 11) is 0. The summed E-state index contributed by atoms with van der Waals surface area (Å²) < 4.78 is 40.4. The van der Waals surface area contributed by atoms with Gasteiger partial charge in [0.25, 0.3) is 0 Å². The molecule has 6 heteroatoms. The summed E-state index contributed by atoms with van der Waals surface area (Å²) >= 11 is 0. The smallest absolute Gasteiger partial charge is 0.286 e. The molecule has 0 N–H and O–H groups in total. The molecule has 1 aliphatic rings. The van der Waals surface area contributed by atoms with E-state index in [0.717, 1.165) is 12.8 Å². The van der Waals surface area contributed by atoms with Gasteiger partial charge in [0.15, 0.2) is 5.65 Å². The molecular formula is C12H12F3N3. The second-order valence-corrected chi connectivity index (χ2v) is 4.83. The summed E-state index contributed by atoms with van der Waals surface area (Å²) in [4.78, 5) is 0. The maximum Gasteiger partial charge on any atom is 0.420 e. The van der Waals surface area contributed by atoms with Crippen LogP contribution in [0.3, 0.4) is 0 Å². The lowest BCUT2D eigenvalue weighted by Gasteiger charge is -2.11. The third-order valence-corrected chi connectivity index (χ3v) is 3.31. The molecule has 1 aliphatic carbocycles. The first-order valence-corrected chi connectivity index (χ1v) is 5.87. The summed E-state index contributed by atoms with van der Waals surface area (Å²) in [5, 5.41) is 7.62. The Morgan fingerprint density at radius 1 is 1.33 bits per heavy atom. The van der Waals surface area contributed by atoms with Crippen LogP contribution in [0.5, 0.6) is 0 Å². The van der Waals surface area contributed by atoms with Gasteiger partial charge in [0.2, 0.25) is 0 Å². The highest BCUT2D eigenvalue weighted by molar-refractivity contribution is 5.53. The zero-order valence-corrected chi connectivity index (χ0v) is 9.83. The summed E-state index contributed by atoms with van der Waals surface area (Å²) in [6.07, 6.45) is 0.204. The molecule has 0 amide bonds. The first-order chi connectivity index (χ1) is 8.47. The Morgan fingerprint density at radius 3 is 2.67 bits per heavy atom. The van der Waals surface area contributed by atoms with E-state index in [9.17, 15) is 13.2 Å². The van der Waals surface area contributed by atoms with E-state index >= 15 is 0 Å². The summed E-state index contributed by atoms with van der Waals surface area (Å²) in [5.74, 6) is 1.19. The van der Waals surface area contributed by atoms with E-state index in [-0.39, 0.29) is 11.2 Å². The predicted molar refractivity (Wildman–Crippen MR) is 59.2 cm³/mol. The van der Waals surface area contributed by atoms with Crippen LogP contribution in [0.1, 0.15) is 29.8 Å². The Morgan fingerprint density at radius 2 is 2.06 bits per heavy atom. The van der Waals surface area contributed by atoms with Crippen molar-refractivity contribution < 1.29 is 13.2 Å². The molecule has 2 aromatic rings. The molecule has 0 unspecified atom stereocenters. The first kappa shape index (κ1) is 11.5. The minimum Gasteiger partial charge on any atom is -0.286 e. The van der Waals surface area contributed by atoms with E-state index in [1.165, 1.54) is 17.4 Å². The van der Waals surface area contributed by atoms with Crippen molar-refractivity contribution in [1.82, 2.24) is 14.6 Å². The summed E-state index contributed by atoms with van der Waals surface area (Å²) in [5.41, 5.74) is -0.585. The molecule has 0 spiro atoms. The molecule has 1 fully saturated rings. The molecule has 2 aromatic heterocycles. The van der Waals surface area contributed by atoms with Gasteiger partial charge >= 0.3 is 6.18 Å². The van der Waals surface area contributed by atoms with E-state index in [1.807, 2.05) is 0 Å². The van der Waals surface area contributed by atoms with Crippen LogP contribution in [0.25, 0.3) is 5.65 Å². The monoisotopic (exact) mass is 255 g/mol. The number of aromatic nitrogens is 3. The van der Waals surface area contributed by atoms with Crippen molar-refractivity contribution in [3.05, 3.63) is 29.2 Å². The molecular weight excluding hydrogens is 243 g/mol. The number of halogens is 3. The first-order valence-electron chi connectivity index (χ1n) is 5.87. The summed E-state index contributed by atoms with van der Waals surface area (Å²) in [6.45, 7) is 1.44. The number of pyridine rings is 1. The summed E-state index contributed by atoms with van der Waals surface area (Å²) in [6, 6.07) is 1.47. The molecule has 1 saturated carbocycles. The van der Waals surface area contributed by atoms with Crippen LogP contribution in [-0.2, 0) is 12.6 Å². The van der Waals surface area contributed by atoms with E-state index in [2.05, 4.69) is 10.2 Å². The average molecular weight is 255 g/mol. The molecule has 0 bridgehead atoms. The lowest BCUT2D eigenvalue weighted by atomic mass is 10.1. The van der Waals surface area contributed by atoms with E-state index in [1.54, 1.807) is 6.20 Å². The number of aryl methyl sites for hydroxylation is 1. The molecule has 0 radical (unpaired) electrons. The van der Waals surface area contributed by atoms with E-state index in [0.29, 0.717) is 18.2 Å². The molecule has 3 rings (SSSR count). The van der Waals surface area contributed by atoms with Crippen molar-refractivity contribution in [2.45, 2.75) is 32.4 Å². The van der Waals surface area contributed by atoms with E-state index in [4.69, 9.17) is 0 Å². The molecule has 0 aromatic carbocycles. The second-order valence-electron chi connectivity index (χ2n) is 4.83. The third kappa shape index (κ3) is 1.85. The molecule has 0 atom stereocenters. The zero-order valence-electron chi connectivity index (χ0n) is 9.83. The standard InChI is InChI=1S/C12H12F3N3/c1-7-4-5-18-9(6-8-2-3-8)16-17-11(18)10(7)12(13,14)15/h4-5,8H,2-3,6H2,1H3. The SMILES string of the molecule is Cc1ccn2c(CC3CC3)nnc2c1C(F)(F)F.